The summed E-state index contributed by atoms with van der Waals surface area (Å²) in [7, 11) is 0. The summed E-state index contributed by atoms with van der Waals surface area (Å²) >= 11 is 0. The summed E-state index contributed by atoms with van der Waals surface area (Å²) in [6.45, 7) is 9.28. The van der Waals surface area contributed by atoms with Crippen LogP contribution in [0.4, 0.5) is 0 Å². The Morgan fingerprint density at radius 2 is 1.29 bits per heavy atom. The van der Waals surface area contributed by atoms with Crippen molar-refractivity contribution in [1.82, 2.24) is 9.55 Å². The lowest BCUT2D eigenvalue weighted by molar-refractivity contribution is 0.639. The quantitative estimate of drug-likeness (QED) is 0.218. The SMILES string of the molecule is CC1=C(C)C(C)(C)c2cc3c4c5ccccc5ccc4n(-c4cc(-c5ccccc5)cc(-c5ccccc5)n4)c3cc21. The molecule has 2 heteroatoms. The lowest BCUT2D eigenvalue weighted by Gasteiger charge is -2.22. The van der Waals surface area contributed by atoms with Crippen molar-refractivity contribution in [2.75, 3.05) is 0 Å². The zero-order valence-corrected chi connectivity index (χ0v) is 24.4. The molecule has 0 unspecified atom stereocenters. The van der Waals surface area contributed by atoms with Gasteiger partial charge in [0, 0.05) is 21.8 Å². The Morgan fingerprint density at radius 3 is 2.05 bits per heavy atom. The number of hydrogen-bond acceptors (Lipinski definition) is 1. The van der Waals surface area contributed by atoms with Gasteiger partial charge >= 0.3 is 0 Å². The third kappa shape index (κ3) is 3.55. The average molecular weight is 541 g/mol. The molecule has 8 rings (SSSR count). The van der Waals surface area contributed by atoms with Crippen LogP contribution in [0.1, 0.15) is 38.8 Å². The molecule has 0 fully saturated rings. The van der Waals surface area contributed by atoms with Crippen LogP contribution >= 0.6 is 0 Å². The van der Waals surface area contributed by atoms with E-state index >= 15 is 0 Å². The minimum absolute atomic E-state index is 0.00142. The van der Waals surface area contributed by atoms with Crippen molar-refractivity contribution >= 4 is 38.2 Å². The predicted molar refractivity (Wildman–Crippen MR) is 178 cm³/mol. The van der Waals surface area contributed by atoms with Crippen LogP contribution in [0.2, 0.25) is 0 Å². The molecule has 2 aromatic heterocycles. The molecule has 202 valence electrons. The van der Waals surface area contributed by atoms with E-state index < -0.39 is 0 Å². The van der Waals surface area contributed by atoms with Gasteiger partial charge in [0.1, 0.15) is 5.82 Å². The molecule has 0 saturated carbocycles. The number of allylic oxidation sites excluding steroid dienone is 2. The molecule has 5 aromatic carbocycles. The monoisotopic (exact) mass is 540 g/mol. The van der Waals surface area contributed by atoms with Gasteiger partial charge in [0.05, 0.1) is 16.7 Å². The fraction of sp³-hybridized carbons (Fsp3) is 0.125. The first kappa shape index (κ1) is 24.8. The van der Waals surface area contributed by atoms with Crippen molar-refractivity contribution in [3.05, 3.63) is 138 Å². The molecule has 7 aromatic rings. The van der Waals surface area contributed by atoms with E-state index in [1.165, 1.54) is 60.4 Å². The van der Waals surface area contributed by atoms with Gasteiger partial charge in [0.2, 0.25) is 0 Å². The minimum Gasteiger partial charge on any atom is -0.294 e. The van der Waals surface area contributed by atoms with Crippen molar-refractivity contribution in [3.63, 3.8) is 0 Å². The number of nitrogens with zero attached hydrogens (tertiary/aromatic N) is 2. The summed E-state index contributed by atoms with van der Waals surface area (Å²) in [5.41, 5.74) is 12.4. The zero-order valence-electron chi connectivity index (χ0n) is 24.4. The Balaban J connectivity index is 1.52. The summed E-state index contributed by atoms with van der Waals surface area (Å²) in [5, 5.41) is 5.10. The van der Waals surface area contributed by atoms with E-state index in [4.69, 9.17) is 4.98 Å². The summed E-state index contributed by atoms with van der Waals surface area (Å²) in [4.78, 5) is 5.36. The molecule has 0 N–H and O–H groups in total. The van der Waals surface area contributed by atoms with Gasteiger partial charge in [-0.25, -0.2) is 4.98 Å². The first-order valence-electron chi connectivity index (χ1n) is 14.7. The molecule has 2 nitrogen and oxygen atoms in total. The maximum atomic E-state index is 5.36. The third-order valence-electron chi connectivity index (χ3n) is 9.59. The first-order chi connectivity index (χ1) is 20.4. The second-order valence-corrected chi connectivity index (χ2v) is 12.1. The molecule has 0 atom stereocenters. The lowest BCUT2D eigenvalue weighted by atomic mass is 9.81. The molecule has 0 saturated heterocycles. The highest BCUT2D eigenvalue weighted by molar-refractivity contribution is 6.22. The highest BCUT2D eigenvalue weighted by atomic mass is 15.1. The van der Waals surface area contributed by atoms with Crippen LogP contribution in [-0.2, 0) is 5.41 Å². The molecule has 42 heavy (non-hydrogen) atoms. The fourth-order valence-electron chi connectivity index (χ4n) is 6.96. The van der Waals surface area contributed by atoms with Crippen molar-refractivity contribution in [1.29, 1.82) is 0 Å². The van der Waals surface area contributed by atoms with Crippen molar-refractivity contribution in [2.45, 2.75) is 33.1 Å². The van der Waals surface area contributed by atoms with Crippen LogP contribution in [0.5, 0.6) is 0 Å². The number of pyridine rings is 1. The van der Waals surface area contributed by atoms with Crippen molar-refractivity contribution < 1.29 is 0 Å². The average Bonchev–Trinajstić information content (AvgIpc) is 3.45. The number of rotatable bonds is 3. The van der Waals surface area contributed by atoms with Gasteiger partial charge < -0.3 is 0 Å². The second kappa shape index (κ2) is 9.03. The van der Waals surface area contributed by atoms with Crippen LogP contribution in [0, 0.1) is 0 Å². The minimum atomic E-state index is -0.00142. The zero-order chi connectivity index (χ0) is 28.6. The van der Waals surface area contributed by atoms with E-state index in [-0.39, 0.29) is 5.41 Å². The maximum Gasteiger partial charge on any atom is 0.138 e. The van der Waals surface area contributed by atoms with Gasteiger partial charge in [-0.1, -0.05) is 110 Å². The highest BCUT2D eigenvalue weighted by Crippen LogP contribution is 2.49. The van der Waals surface area contributed by atoms with Crippen molar-refractivity contribution in [2.24, 2.45) is 0 Å². The standard InChI is InChI=1S/C40H32N2/c1-25-26(2)40(3,4)34-23-33-37(24-32(25)34)42(36-20-19-28-15-11-12-18-31(28)39(33)36)38-22-30(27-13-7-5-8-14-27)21-35(41-38)29-16-9-6-10-17-29/h5-24H,1-4H3. The molecule has 0 aliphatic heterocycles. The van der Waals surface area contributed by atoms with Gasteiger partial charge in [0.25, 0.3) is 0 Å². The topological polar surface area (TPSA) is 17.8 Å². The van der Waals surface area contributed by atoms with Gasteiger partial charge in [-0.05, 0) is 82.8 Å². The Hall–Kier alpha value is -4.95. The van der Waals surface area contributed by atoms with E-state index in [2.05, 4.69) is 154 Å². The molecule has 0 radical (unpaired) electrons. The Morgan fingerprint density at radius 1 is 0.595 bits per heavy atom. The maximum absolute atomic E-state index is 5.36. The summed E-state index contributed by atoms with van der Waals surface area (Å²) in [6, 6.07) is 43.8. The largest absolute Gasteiger partial charge is 0.294 e. The van der Waals surface area contributed by atoms with E-state index in [1.807, 2.05) is 0 Å². The van der Waals surface area contributed by atoms with Crippen LogP contribution in [-0.4, -0.2) is 9.55 Å². The Kier molecular flexibility index (Phi) is 5.33. The second-order valence-electron chi connectivity index (χ2n) is 12.1. The number of hydrogen-bond donors (Lipinski definition) is 0. The number of benzene rings is 5. The fourth-order valence-corrected chi connectivity index (χ4v) is 6.96. The van der Waals surface area contributed by atoms with Gasteiger partial charge in [0.15, 0.2) is 0 Å². The number of aromatic nitrogens is 2. The smallest absolute Gasteiger partial charge is 0.138 e. The van der Waals surface area contributed by atoms with Crippen molar-refractivity contribution in [3.8, 4) is 28.2 Å². The normalized spacial score (nSPS) is 14.3. The van der Waals surface area contributed by atoms with Crippen LogP contribution in [0.15, 0.2) is 127 Å². The molecule has 0 bridgehead atoms. The van der Waals surface area contributed by atoms with Gasteiger partial charge in [-0.3, -0.25) is 4.57 Å². The first-order valence-corrected chi connectivity index (χ1v) is 14.7. The number of fused-ring (bicyclic) bond motifs is 6. The van der Waals surface area contributed by atoms with E-state index in [1.54, 1.807) is 0 Å². The molecule has 1 aliphatic rings. The molecule has 0 amide bonds. The molecule has 0 spiro atoms. The molecule has 2 heterocycles. The summed E-state index contributed by atoms with van der Waals surface area (Å²) < 4.78 is 2.39. The Labute approximate surface area is 246 Å². The molecular formula is C40H32N2. The molecular weight excluding hydrogens is 508 g/mol. The van der Waals surface area contributed by atoms with E-state index in [0.717, 1.165) is 22.6 Å². The predicted octanol–water partition coefficient (Wildman–Crippen LogP) is 10.8. The van der Waals surface area contributed by atoms with Crippen LogP contribution in [0.3, 0.4) is 0 Å². The summed E-state index contributed by atoms with van der Waals surface area (Å²) in [5.74, 6) is 0.932. The van der Waals surface area contributed by atoms with Crippen LogP contribution < -0.4 is 0 Å². The van der Waals surface area contributed by atoms with Gasteiger partial charge in [-0.15, -0.1) is 0 Å². The Bertz CT molecular complexity index is 2160. The van der Waals surface area contributed by atoms with Crippen LogP contribution in [0.25, 0.3) is 66.4 Å². The summed E-state index contributed by atoms with van der Waals surface area (Å²) in [6.07, 6.45) is 0. The van der Waals surface area contributed by atoms with Gasteiger partial charge in [-0.2, -0.15) is 0 Å². The highest BCUT2D eigenvalue weighted by Gasteiger charge is 2.34. The molecule has 1 aliphatic carbocycles. The lowest BCUT2D eigenvalue weighted by Crippen LogP contribution is -2.15. The third-order valence-corrected chi connectivity index (χ3v) is 9.59. The van der Waals surface area contributed by atoms with E-state index in [9.17, 15) is 0 Å². The van der Waals surface area contributed by atoms with E-state index in [0.29, 0.717) is 0 Å².